The van der Waals surface area contributed by atoms with Crippen LogP contribution in [0.1, 0.15) is 102 Å². The number of nitrogens with zero attached hydrogens (tertiary/aromatic N) is 5. The number of anilines is 4. The van der Waals surface area contributed by atoms with Crippen LogP contribution in [0.2, 0.25) is 5.02 Å². The van der Waals surface area contributed by atoms with E-state index in [-0.39, 0.29) is 136 Å². The number of piperidine rings is 2. The number of nitrogens with one attached hydrogen (secondary N) is 2. The molecule has 5 heterocycles. The van der Waals surface area contributed by atoms with Gasteiger partial charge in [0.1, 0.15) is 5.82 Å². The van der Waals surface area contributed by atoms with Gasteiger partial charge >= 0.3 is 109 Å². The Kier molecular flexibility index (Phi) is 25.3. The van der Waals surface area contributed by atoms with E-state index in [1.807, 2.05) is 53.4 Å². The van der Waals surface area contributed by atoms with Gasteiger partial charge in [0, 0.05) is 61.2 Å². The van der Waals surface area contributed by atoms with Gasteiger partial charge < -0.3 is 29.5 Å². The van der Waals surface area contributed by atoms with Crippen molar-refractivity contribution in [3.8, 4) is 0 Å². The van der Waals surface area contributed by atoms with Crippen LogP contribution in [-0.4, -0.2) is 53.2 Å². The Hall–Kier alpha value is -3.14. The number of alkyl halides is 3. The van der Waals surface area contributed by atoms with Crippen LogP contribution in [0.15, 0.2) is 119 Å². The molecule has 11 nitrogen and oxygen atoms in total. The van der Waals surface area contributed by atoms with Crippen molar-refractivity contribution in [1.29, 1.82) is 0 Å². The molecule has 6 aromatic rings. The number of hydrogen-bond donors (Lipinski definition) is 2. The van der Waals surface area contributed by atoms with Gasteiger partial charge in [-0.2, -0.15) is 61.7 Å². The summed E-state index contributed by atoms with van der Waals surface area (Å²) in [5.74, 6) is 2.44. The number of hydrogen-bond acceptors (Lipinski definition) is 10. The Balaban J connectivity index is 0.000000269. The number of ketones is 1. The summed E-state index contributed by atoms with van der Waals surface area (Å²) in [7, 11) is 0. The number of benzene rings is 3. The summed E-state index contributed by atoms with van der Waals surface area (Å²) in [5.41, 5.74) is 4.08. The number of rotatable bonds is 8. The van der Waals surface area contributed by atoms with Gasteiger partial charge in [0.05, 0.1) is 10.6 Å². The Bertz CT molecular complexity index is 2420. The molecular formula is C53H59ClF3K2N7O4-2. The predicted molar refractivity (Wildman–Crippen MR) is 261 cm³/mol. The first-order chi connectivity index (χ1) is 32.2. The van der Waals surface area contributed by atoms with E-state index in [0.29, 0.717) is 43.4 Å². The van der Waals surface area contributed by atoms with Crippen molar-refractivity contribution in [2.45, 2.75) is 91.2 Å². The van der Waals surface area contributed by atoms with E-state index in [4.69, 9.17) is 20.6 Å². The van der Waals surface area contributed by atoms with E-state index in [0.717, 1.165) is 66.7 Å². The predicted octanol–water partition coefficient (Wildman–Crippen LogP) is 6.49. The molecule has 17 heteroatoms. The van der Waals surface area contributed by atoms with E-state index < -0.39 is 11.7 Å². The van der Waals surface area contributed by atoms with Crippen LogP contribution < -0.4 is 123 Å². The molecule has 2 N–H and O–H groups in total. The second-order valence-corrected chi connectivity index (χ2v) is 18.9. The van der Waals surface area contributed by atoms with Gasteiger partial charge in [0.2, 0.25) is 5.91 Å². The molecule has 3 aromatic heterocycles. The van der Waals surface area contributed by atoms with E-state index >= 15 is 0 Å². The maximum absolute atomic E-state index is 12.7. The van der Waals surface area contributed by atoms with Crippen molar-refractivity contribution in [3.05, 3.63) is 162 Å². The zero-order valence-electron chi connectivity index (χ0n) is 41.6. The molecule has 2 aliphatic heterocycles. The molecule has 0 saturated carbocycles. The summed E-state index contributed by atoms with van der Waals surface area (Å²) in [6, 6.07) is 33.0. The standard InChI is InChI=1S/C21H23N2O.C18H16ClF3N3O.2C7H10NO.2K/c1-16(22-20-6-4-3-5-7-20)18-12-14-23(15-13-18)21-10-8-19(9-11-21)17(2)24;19-15-10-13(18(20,21)22)11-23-16(15)25-8-6-12(7-9-25)17(26)24-14-4-2-1-3-5-14;2*1-7(2,3)6-4-5-8-9-6;;/h4-11,18,22H,1,12-15H2,2H3;2-5,10-12H,6-9H2,(H,24,26);2*4H,1-3H3;;/q4*-1;2*+1. The number of carbonyl (C=O) groups is 2. The van der Waals surface area contributed by atoms with E-state index in [1.165, 1.54) is 5.69 Å². The van der Waals surface area contributed by atoms with E-state index in [1.54, 1.807) is 43.3 Å². The molecule has 0 spiro atoms. The summed E-state index contributed by atoms with van der Waals surface area (Å²) >= 11 is 5.99. The van der Waals surface area contributed by atoms with E-state index in [2.05, 4.69) is 103 Å². The SMILES string of the molecule is C=C(Nc1cc[c-]cc1)C1CCN(c2ccc(C(C)=O)cc2)CC1.CC(C)(C)c1c[c-]no1.CC(C)(C)c1c[c-]no1.O=C(Nc1cc[c-]cc1)C1CCN(c2ncc(C(F)(F)F)cc2Cl)CC1.[K+].[K+]. The van der Waals surface area contributed by atoms with Crippen LogP contribution in [0.4, 0.5) is 36.1 Å². The Morgan fingerprint density at radius 1 is 0.714 bits per heavy atom. The van der Waals surface area contributed by atoms with Crippen LogP contribution in [0.25, 0.3) is 0 Å². The van der Waals surface area contributed by atoms with Crippen LogP contribution in [0.5, 0.6) is 0 Å². The fourth-order valence-electron chi connectivity index (χ4n) is 7.12. The van der Waals surface area contributed by atoms with E-state index in [9.17, 15) is 22.8 Å². The van der Waals surface area contributed by atoms with Crippen molar-refractivity contribution in [2.24, 2.45) is 11.8 Å². The quantitative estimate of drug-likeness (QED) is 0.0992. The molecule has 3 aromatic carbocycles. The van der Waals surface area contributed by atoms with Crippen molar-refractivity contribution >= 4 is 46.2 Å². The molecule has 0 aliphatic carbocycles. The first-order valence-corrected chi connectivity index (χ1v) is 22.8. The van der Waals surface area contributed by atoms with Gasteiger partial charge in [-0.1, -0.05) is 71.1 Å². The maximum Gasteiger partial charge on any atom is 1.00 e. The molecular weight excluding hydrogens is 969 g/mol. The third kappa shape index (κ3) is 19.7. The zero-order chi connectivity index (χ0) is 49.5. The number of aromatic nitrogens is 3. The number of carbonyl (C=O) groups excluding carboxylic acids is 2. The summed E-state index contributed by atoms with van der Waals surface area (Å²) < 4.78 is 47.9. The smallest absolute Gasteiger partial charge is 0.470 e. The number of Topliss-reactive ketones (excluding diaryl/α,β-unsaturated/α-hetero) is 1. The number of halogens is 4. The average Bonchev–Trinajstić information content (AvgIpc) is 4.08. The maximum atomic E-state index is 12.7. The monoisotopic (exact) mass is 1030 g/mol. The molecule has 2 fully saturated rings. The fourth-order valence-corrected chi connectivity index (χ4v) is 7.40. The molecule has 0 bridgehead atoms. The Morgan fingerprint density at radius 2 is 1.17 bits per heavy atom. The molecule has 1 amide bonds. The minimum Gasteiger partial charge on any atom is -0.470 e. The van der Waals surface area contributed by atoms with Crippen LogP contribution in [-0.2, 0) is 21.8 Å². The largest absolute Gasteiger partial charge is 1.00 e. The summed E-state index contributed by atoms with van der Waals surface area (Å²) in [5, 5.41) is 13.2. The number of allylic oxidation sites excluding steroid dienone is 1. The van der Waals surface area contributed by atoms with Crippen molar-refractivity contribution in [3.63, 3.8) is 0 Å². The van der Waals surface area contributed by atoms with Gasteiger partial charge in [-0.25, -0.2) is 15.3 Å². The molecule has 8 rings (SSSR count). The molecule has 2 saturated heterocycles. The second-order valence-electron chi connectivity index (χ2n) is 18.5. The van der Waals surface area contributed by atoms with Gasteiger partial charge in [0.15, 0.2) is 5.78 Å². The molecule has 2 aliphatic rings. The molecule has 0 atom stereocenters. The fraction of sp³-hybridized carbons (Fsp3) is 0.377. The topological polar surface area (TPSA) is 130 Å². The average molecular weight is 1030 g/mol. The molecule has 362 valence electrons. The first kappa shape index (κ1) is 61.2. The summed E-state index contributed by atoms with van der Waals surface area (Å²) in [4.78, 5) is 31.8. The third-order valence-electron chi connectivity index (χ3n) is 11.2. The van der Waals surface area contributed by atoms with Crippen LogP contribution in [0.3, 0.4) is 0 Å². The van der Waals surface area contributed by atoms with Crippen molar-refractivity contribution in [2.75, 3.05) is 46.6 Å². The Labute approximate surface area is 501 Å². The number of amides is 1. The van der Waals surface area contributed by atoms with Gasteiger partial charge in [0.25, 0.3) is 0 Å². The normalized spacial score (nSPS) is 14.1. The molecule has 70 heavy (non-hydrogen) atoms. The minimum absolute atomic E-state index is 0. The van der Waals surface area contributed by atoms with Gasteiger partial charge in [-0.3, -0.25) is 9.59 Å². The minimum atomic E-state index is -4.48. The second kappa shape index (κ2) is 28.9. The number of pyridine rings is 1. The summed E-state index contributed by atoms with van der Waals surface area (Å²) in [6.45, 7) is 21.3. The van der Waals surface area contributed by atoms with Crippen molar-refractivity contribution < 1.29 is 135 Å². The Morgan fingerprint density at radius 3 is 1.57 bits per heavy atom. The van der Waals surface area contributed by atoms with Gasteiger partial charge in [-0.15, -0.1) is 36.7 Å². The molecule has 0 radical (unpaired) electrons. The van der Waals surface area contributed by atoms with Crippen LogP contribution in [0, 0.1) is 36.4 Å². The van der Waals surface area contributed by atoms with Crippen LogP contribution >= 0.6 is 11.6 Å². The molecule has 0 unspecified atom stereocenters. The van der Waals surface area contributed by atoms with Crippen molar-refractivity contribution in [1.82, 2.24) is 15.3 Å². The zero-order valence-corrected chi connectivity index (χ0v) is 48.6. The summed E-state index contributed by atoms with van der Waals surface area (Å²) in [6.07, 6.45) is 4.86. The third-order valence-corrected chi connectivity index (χ3v) is 11.5. The van der Waals surface area contributed by atoms with Gasteiger partial charge in [-0.05, 0) is 85.3 Å². The first-order valence-electron chi connectivity index (χ1n) is 22.4.